The second-order valence-corrected chi connectivity index (χ2v) is 11.7. The van der Waals surface area contributed by atoms with Crippen molar-refractivity contribution < 1.29 is 9.59 Å². The zero-order valence-corrected chi connectivity index (χ0v) is 20.8. The van der Waals surface area contributed by atoms with E-state index < -0.39 is 0 Å². The lowest BCUT2D eigenvalue weighted by molar-refractivity contribution is -0.140. The summed E-state index contributed by atoms with van der Waals surface area (Å²) in [6, 6.07) is 16.4. The van der Waals surface area contributed by atoms with Crippen LogP contribution in [0.25, 0.3) is 0 Å². The van der Waals surface area contributed by atoms with E-state index in [1.165, 1.54) is 24.8 Å². The van der Waals surface area contributed by atoms with Gasteiger partial charge in [0.15, 0.2) is 0 Å². The topological polar surface area (TPSA) is 52.7 Å². The van der Waals surface area contributed by atoms with Gasteiger partial charge in [-0.15, -0.1) is 0 Å². The van der Waals surface area contributed by atoms with Gasteiger partial charge in [0.2, 0.25) is 11.8 Å². The van der Waals surface area contributed by atoms with E-state index in [9.17, 15) is 9.59 Å². The summed E-state index contributed by atoms with van der Waals surface area (Å²) in [5.41, 5.74) is 4.24. The Balaban J connectivity index is 1.03. The van der Waals surface area contributed by atoms with Gasteiger partial charge in [0.25, 0.3) is 0 Å². The molecule has 2 amide bonds. The zero-order valence-electron chi connectivity index (χ0n) is 20.8. The molecule has 0 atom stereocenters. The average Bonchev–Trinajstić information content (AvgIpc) is 2.85. The largest absolute Gasteiger partial charge is 0.368 e. The summed E-state index contributed by atoms with van der Waals surface area (Å²) in [6.07, 6.45) is 7.82. The first-order valence-corrected chi connectivity index (χ1v) is 13.5. The van der Waals surface area contributed by atoms with Crippen LogP contribution in [0, 0.1) is 30.1 Å². The molecular weight excluding hydrogens is 434 g/mol. The highest BCUT2D eigenvalue weighted by atomic mass is 16.2. The van der Waals surface area contributed by atoms with E-state index in [-0.39, 0.29) is 17.2 Å². The molecule has 0 unspecified atom stereocenters. The van der Waals surface area contributed by atoms with Crippen LogP contribution in [0.5, 0.6) is 0 Å². The number of benzene rings is 2. The van der Waals surface area contributed by atoms with Crippen LogP contribution >= 0.6 is 0 Å². The van der Waals surface area contributed by atoms with Crippen LogP contribution in [-0.4, -0.2) is 42.9 Å². The van der Waals surface area contributed by atoms with E-state index in [1.807, 2.05) is 35.2 Å². The van der Waals surface area contributed by atoms with Crippen molar-refractivity contribution in [2.24, 2.45) is 23.2 Å². The van der Waals surface area contributed by atoms with Crippen LogP contribution in [0.3, 0.4) is 0 Å². The standard InChI is InChI=1S/C30H37N3O2/c1-21-4-2-3-5-25(21)17-28(34)33-12-10-32(11-13-33)27-8-6-26(7-9-27)31-29(35)30-18-22-14-23(19-30)16-24(15-22)20-30/h2-9,22-24H,10-20H2,1H3,(H,31,35). The first kappa shape index (κ1) is 22.6. The van der Waals surface area contributed by atoms with Gasteiger partial charge in [-0.1, -0.05) is 24.3 Å². The number of nitrogens with zero attached hydrogens (tertiary/aromatic N) is 2. The molecule has 184 valence electrons. The van der Waals surface area contributed by atoms with Crippen LogP contribution in [-0.2, 0) is 16.0 Å². The van der Waals surface area contributed by atoms with Crippen molar-refractivity contribution in [3.63, 3.8) is 0 Å². The summed E-state index contributed by atoms with van der Waals surface area (Å²) in [6.45, 7) is 5.22. The minimum atomic E-state index is -0.116. The van der Waals surface area contributed by atoms with Gasteiger partial charge >= 0.3 is 0 Å². The predicted molar refractivity (Wildman–Crippen MR) is 139 cm³/mol. The SMILES string of the molecule is Cc1ccccc1CC(=O)N1CCN(c2ccc(NC(=O)C34CC5CC(CC(C5)C3)C4)cc2)CC1. The fourth-order valence-corrected chi connectivity index (χ4v) is 7.71. The lowest BCUT2D eigenvalue weighted by atomic mass is 9.49. The second kappa shape index (κ2) is 9.00. The number of carbonyl (C=O) groups excluding carboxylic acids is 2. The molecule has 0 radical (unpaired) electrons. The Morgan fingerprint density at radius 3 is 2.06 bits per heavy atom. The molecule has 2 aromatic rings. The molecule has 7 rings (SSSR count). The van der Waals surface area contributed by atoms with E-state index in [1.54, 1.807) is 0 Å². The summed E-state index contributed by atoms with van der Waals surface area (Å²) >= 11 is 0. The Bertz CT molecular complexity index is 1070. The maximum Gasteiger partial charge on any atom is 0.230 e. The monoisotopic (exact) mass is 471 g/mol. The summed E-state index contributed by atoms with van der Waals surface area (Å²) in [4.78, 5) is 30.5. The zero-order chi connectivity index (χ0) is 24.0. The first-order chi connectivity index (χ1) is 17.0. The molecule has 1 aliphatic heterocycles. The van der Waals surface area contributed by atoms with Crippen molar-refractivity contribution in [1.29, 1.82) is 0 Å². The molecule has 2 aromatic carbocycles. The molecule has 0 aromatic heterocycles. The van der Waals surface area contributed by atoms with Crippen LogP contribution in [0.4, 0.5) is 11.4 Å². The normalized spacial score (nSPS) is 29.3. The quantitative estimate of drug-likeness (QED) is 0.665. The lowest BCUT2D eigenvalue weighted by Gasteiger charge is -2.55. The number of amides is 2. The molecule has 1 N–H and O–H groups in total. The van der Waals surface area contributed by atoms with Crippen LogP contribution in [0.1, 0.15) is 49.7 Å². The van der Waals surface area contributed by atoms with Gasteiger partial charge < -0.3 is 15.1 Å². The number of anilines is 2. The predicted octanol–water partition coefficient (Wildman–Crippen LogP) is 5.04. The minimum absolute atomic E-state index is 0.116. The van der Waals surface area contributed by atoms with Gasteiger partial charge in [-0.2, -0.15) is 0 Å². The van der Waals surface area contributed by atoms with Crippen molar-refractivity contribution >= 4 is 23.2 Å². The number of aryl methyl sites for hydroxylation is 1. The highest BCUT2D eigenvalue weighted by Crippen LogP contribution is 2.60. The molecule has 4 aliphatic carbocycles. The molecule has 1 heterocycles. The van der Waals surface area contributed by atoms with Crippen molar-refractivity contribution in [2.45, 2.75) is 51.9 Å². The Labute approximate surface area is 208 Å². The van der Waals surface area contributed by atoms with Gasteiger partial charge in [-0.25, -0.2) is 0 Å². The minimum Gasteiger partial charge on any atom is -0.368 e. The van der Waals surface area contributed by atoms with Crippen molar-refractivity contribution in [3.8, 4) is 0 Å². The fraction of sp³-hybridized carbons (Fsp3) is 0.533. The Morgan fingerprint density at radius 1 is 0.857 bits per heavy atom. The summed E-state index contributed by atoms with van der Waals surface area (Å²) in [5, 5.41) is 3.27. The van der Waals surface area contributed by atoms with Gasteiger partial charge in [0, 0.05) is 37.6 Å². The molecule has 5 nitrogen and oxygen atoms in total. The van der Waals surface area contributed by atoms with E-state index >= 15 is 0 Å². The number of rotatable bonds is 5. The molecule has 4 saturated carbocycles. The van der Waals surface area contributed by atoms with Gasteiger partial charge in [0.05, 0.1) is 11.8 Å². The molecule has 5 fully saturated rings. The summed E-state index contributed by atoms with van der Waals surface area (Å²) in [5.74, 6) is 2.79. The average molecular weight is 472 g/mol. The van der Waals surface area contributed by atoms with Gasteiger partial charge in [-0.05, 0) is 98.6 Å². The summed E-state index contributed by atoms with van der Waals surface area (Å²) in [7, 11) is 0. The van der Waals surface area contributed by atoms with Crippen molar-refractivity contribution in [3.05, 3.63) is 59.7 Å². The maximum atomic E-state index is 13.3. The molecule has 1 saturated heterocycles. The highest BCUT2D eigenvalue weighted by Gasteiger charge is 2.54. The van der Waals surface area contributed by atoms with E-state index in [2.05, 4.69) is 35.3 Å². The Hall–Kier alpha value is -2.82. The Kier molecular flexibility index (Phi) is 5.82. The van der Waals surface area contributed by atoms with E-state index in [4.69, 9.17) is 0 Å². The van der Waals surface area contributed by atoms with Gasteiger partial charge in [-0.3, -0.25) is 9.59 Å². The molecule has 4 bridgehead atoms. The third kappa shape index (κ3) is 4.46. The van der Waals surface area contributed by atoms with Crippen LogP contribution in [0.2, 0.25) is 0 Å². The lowest BCUT2D eigenvalue weighted by Crippen LogP contribution is -2.51. The number of hydrogen-bond acceptors (Lipinski definition) is 3. The fourth-order valence-electron chi connectivity index (χ4n) is 7.71. The highest BCUT2D eigenvalue weighted by molar-refractivity contribution is 5.95. The second-order valence-electron chi connectivity index (χ2n) is 11.7. The third-order valence-corrected chi connectivity index (χ3v) is 9.25. The third-order valence-electron chi connectivity index (χ3n) is 9.25. The number of hydrogen-bond donors (Lipinski definition) is 1. The molecule has 35 heavy (non-hydrogen) atoms. The first-order valence-electron chi connectivity index (χ1n) is 13.5. The van der Waals surface area contributed by atoms with E-state index in [0.29, 0.717) is 6.42 Å². The summed E-state index contributed by atoms with van der Waals surface area (Å²) < 4.78 is 0. The number of carbonyl (C=O) groups is 2. The maximum absolute atomic E-state index is 13.3. The smallest absolute Gasteiger partial charge is 0.230 e. The van der Waals surface area contributed by atoms with Crippen molar-refractivity contribution in [1.82, 2.24) is 4.90 Å². The molecule has 0 spiro atoms. The van der Waals surface area contributed by atoms with E-state index in [0.717, 1.165) is 80.1 Å². The molecule has 5 aliphatic rings. The Morgan fingerprint density at radius 2 is 1.46 bits per heavy atom. The number of piperazine rings is 1. The molecular formula is C30H37N3O2. The number of nitrogens with one attached hydrogen (secondary N) is 1. The van der Waals surface area contributed by atoms with Crippen LogP contribution in [0.15, 0.2) is 48.5 Å². The van der Waals surface area contributed by atoms with Gasteiger partial charge in [0.1, 0.15) is 0 Å². The van der Waals surface area contributed by atoms with Crippen LogP contribution < -0.4 is 10.2 Å². The molecule has 5 heteroatoms. The van der Waals surface area contributed by atoms with Crippen molar-refractivity contribution in [2.75, 3.05) is 36.4 Å².